The number of nitrogens with one attached hydrogen (secondary N) is 3. The number of esters is 1. The summed E-state index contributed by atoms with van der Waals surface area (Å²) >= 11 is 0. The maximum Gasteiger partial charge on any atom is 0.311 e. The zero-order valence-electron chi connectivity index (χ0n) is 23.1. The Bertz CT molecular complexity index is 1120. The highest BCUT2D eigenvalue weighted by atomic mass is 16.5. The third-order valence-electron chi connectivity index (χ3n) is 5.93. The van der Waals surface area contributed by atoms with Crippen molar-refractivity contribution in [1.82, 2.24) is 15.6 Å². The zero-order valence-corrected chi connectivity index (χ0v) is 23.1. The van der Waals surface area contributed by atoms with Gasteiger partial charge in [0.25, 0.3) is 11.8 Å². The average Bonchev–Trinajstić information content (AvgIpc) is 3.21. The molecule has 2 rings (SSSR count). The molecule has 1 aromatic carbocycles. The second-order valence-corrected chi connectivity index (χ2v) is 10.6. The van der Waals surface area contributed by atoms with Crippen LogP contribution in [0.4, 0.5) is 5.69 Å². The SMILES string of the molecule is CC(C)[C@H](NC(=O)[C@H](C)NNc1ccc(COC(=O)C(C)(C)C)cc1)C(=O)C(=O)C(CN)N1C(=O)C=CC1=O. The van der Waals surface area contributed by atoms with Crippen LogP contribution in [0.1, 0.15) is 47.1 Å². The van der Waals surface area contributed by atoms with E-state index < -0.39 is 65.3 Å². The highest BCUT2D eigenvalue weighted by molar-refractivity contribution is 6.42. The van der Waals surface area contributed by atoms with E-state index >= 15 is 0 Å². The van der Waals surface area contributed by atoms with Crippen molar-refractivity contribution in [1.29, 1.82) is 0 Å². The molecular weight excluding hydrogens is 506 g/mol. The zero-order chi connectivity index (χ0) is 29.5. The fourth-order valence-electron chi connectivity index (χ4n) is 3.49. The molecule has 0 aromatic heterocycles. The number of hydrazine groups is 1. The monoisotopic (exact) mass is 543 g/mol. The van der Waals surface area contributed by atoms with Crippen LogP contribution in [-0.4, -0.2) is 64.8 Å². The van der Waals surface area contributed by atoms with E-state index in [4.69, 9.17) is 10.5 Å². The quantitative estimate of drug-likeness (QED) is 0.119. The molecule has 1 aliphatic rings. The first-order chi connectivity index (χ1) is 18.2. The molecule has 39 heavy (non-hydrogen) atoms. The summed E-state index contributed by atoms with van der Waals surface area (Å²) in [7, 11) is 0. The fourth-order valence-corrected chi connectivity index (χ4v) is 3.49. The molecule has 1 aromatic rings. The highest BCUT2D eigenvalue weighted by Crippen LogP contribution is 2.17. The van der Waals surface area contributed by atoms with Gasteiger partial charge in [-0.05, 0) is 51.3 Å². The van der Waals surface area contributed by atoms with Crippen LogP contribution in [0.25, 0.3) is 0 Å². The normalized spacial score (nSPS) is 15.6. The van der Waals surface area contributed by atoms with E-state index in [-0.39, 0.29) is 12.6 Å². The predicted molar refractivity (Wildman–Crippen MR) is 143 cm³/mol. The predicted octanol–water partition coefficient (Wildman–Crippen LogP) is 0.612. The Kier molecular flexibility index (Phi) is 10.6. The summed E-state index contributed by atoms with van der Waals surface area (Å²) in [6.45, 7) is 9.88. The molecule has 3 atom stereocenters. The second kappa shape index (κ2) is 13.3. The van der Waals surface area contributed by atoms with Gasteiger partial charge >= 0.3 is 5.97 Å². The molecule has 0 fully saturated rings. The minimum atomic E-state index is -1.46. The van der Waals surface area contributed by atoms with Gasteiger partial charge in [0, 0.05) is 24.4 Å². The third kappa shape index (κ3) is 8.29. The van der Waals surface area contributed by atoms with E-state index in [0.717, 1.165) is 17.7 Å². The smallest absolute Gasteiger partial charge is 0.311 e. The number of ether oxygens (including phenoxy) is 1. The van der Waals surface area contributed by atoms with Gasteiger partial charge in [-0.2, -0.15) is 0 Å². The number of hydrogen-bond acceptors (Lipinski definition) is 10. The number of anilines is 1. The number of Topliss-reactive ketones (excluding diaryl/α,β-unsaturated/α-hetero) is 2. The first-order valence-corrected chi connectivity index (χ1v) is 12.6. The van der Waals surface area contributed by atoms with Crippen LogP contribution >= 0.6 is 0 Å². The molecule has 1 heterocycles. The largest absolute Gasteiger partial charge is 0.460 e. The van der Waals surface area contributed by atoms with Crippen molar-refractivity contribution in [2.45, 2.75) is 66.3 Å². The standard InChI is InChI=1S/C27H37N5O7/c1-15(2)22(24(36)23(35)19(13-28)32-20(33)11-12-21(32)34)29-25(37)16(3)30-31-18-9-7-17(8-10-18)14-39-26(38)27(4,5)6/h7-12,15-16,19,22,30-31H,13-14,28H2,1-6H3,(H,29,37)/t16-,19?,22-/m0/s1. The number of imide groups is 1. The first-order valence-electron chi connectivity index (χ1n) is 12.6. The van der Waals surface area contributed by atoms with Crippen molar-refractivity contribution in [3.8, 4) is 0 Å². The van der Waals surface area contributed by atoms with E-state index in [1.807, 2.05) is 0 Å². The van der Waals surface area contributed by atoms with Gasteiger partial charge in [-0.3, -0.25) is 33.7 Å². The van der Waals surface area contributed by atoms with Gasteiger partial charge in [-0.1, -0.05) is 26.0 Å². The summed E-state index contributed by atoms with van der Waals surface area (Å²) in [4.78, 5) is 75.3. The Morgan fingerprint density at radius 2 is 1.51 bits per heavy atom. The summed E-state index contributed by atoms with van der Waals surface area (Å²) < 4.78 is 5.29. The molecule has 1 unspecified atom stereocenters. The molecule has 0 saturated heterocycles. The summed E-state index contributed by atoms with van der Waals surface area (Å²) in [5.74, 6) is -4.79. The van der Waals surface area contributed by atoms with Crippen LogP contribution in [0.3, 0.4) is 0 Å². The van der Waals surface area contributed by atoms with Crippen LogP contribution in [0, 0.1) is 11.3 Å². The van der Waals surface area contributed by atoms with Gasteiger partial charge < -0.3 is 21.2 Å². The lowest BCUT2D eigenvalue weighted by Crippen LogP contribution is -2.58. The van der Waals surface area contributed by atoms with Gasteiger partial charge in [-0.15, -0.1) is 0 Å². The van der Waals surface area contributed by atoms with Crippen LogP contribution in [0.5, 0.6) is 0 Å². The number of carbonyl (C=O) groups excluding carboxylic acids is 6. The molecule has 5 N–H and O–H groups in total. The Morgan fingerprint density at radius 3 is 2.00 bits per heavy atom. The van der Waals surface area contributed by atoms with E-state index in [1.54, 1.807) is 65.8 Å². The highest BCUT2D eigenvalue weighted by Gasteiger charge is 2.41. The van der Waals surface area contributed by atoms with Crippen LogP contribution in [0.15, 0.2) is 36.4 Å². The second-order valence-electron chi connectivity index (χ2n) is 10.6. The fraction of sp³-hybridized carbons (Fsp3) is 0.481. The number of amides is 3. The summed E-state index contributed by atoms with van der Waals surface area (Å²) in [5.41, 5.74) is 12.2. The molecule has 212 valence electrons. The lowest BCUT2D eigenvalue weighted by atomic mass is 9.93. The van der Waals surface area contributed by atoms with Crippen molar-refractivity contribution in [2.75, 3.05) is 12.0 Å². The summed E-state index contributed by atoms with van der Waals surface area (Å²) in [6.07, 6.45) is 2.00. The lowest BCUT2D eigenvalue weighted by Gasteiger charge is -2.27. The van der Waals surface area contributed by atoms with Crippen molar-refractivity contribution in [3.63, 3.8) is 0 Å². The Balaban J connectivity index is 1.95. The van der Waals surface area contributed by atoms with E-state index in [1.165, 1.54) is 0 Å². The minimum Gasteiger partial charge on any atom is -0.460 e. The molecule has 12 nitrogen and oxygen atoms in total. The van der Waals surface area contributed by atoms with Crippen molar-refractivity contribution >= 4 is 40.9 Å². The number of rotatable bonds is 13. The first kappa shape index (κ1) is 31.3. The number of nitrogens with two attached hydrogens (primary N) is 1. The number of nitrogens with zero attached hydrogens (tertiary/aromatic N) is 1. The number of benzene rings is 1. The van der Waals surface area contributed by atoms with E-state index in [0.29, 0.717) is 10.6 Å². The van der Waals surface area contributed by atoms with Crippen molar-refractivity contribution in [2.24, 2.45) is 17.1 Å². The Hall–Kier alpha value is -3.90. The molecule has 12 heteroatoms. The summed E-state index contributed by atoms with van der Waals surface area (Å²) in [6, 6.07) is 3.53. The Morgan fingerprint density at radius 1 is 0.949 bits per heavy atom. The van der Waals surface area contributed by atoms with Crippen LogP contribution in [0.2, 0.25) is 0 Å². The van der Waals surface area contributed by atoms with Gasteiger partial charge in [0.1, 0.15) is 18.7 Å². The third-order valence-corrected chi connectivity index (χ3v) is 5.93. The topological polar surface area (TPSA) is 177 Å². The molecule has 0 bridgehead atoms. The van der Waals surface area contributed by atoms with E-state index in [9.17, 15) is 28.8 Å². The Labute approximate surface area is 227 Å². The molecule has 3 amide bonds. The molecule has 0 spiro atoms. The summed E-state index contributed by atoms with van der Waals surface area (Å²) in [5, 5.41) is 2.57. The van der Waals surface area contributed by atoms with Gasteiger partial charge in [0.05, 0.1) is 11.5 Å². The number of hydrogen-bond donors (Lipinski definition) is 4. The van der Waals surface area contributed by atoms with Crippen molar-refractivity contribution in [3.05, 3.63) is 42.0 Å². The maximum absolute atomic E-state index is 13.0. The van der Waals surface area contributed by atoms with Crippen LogP contribution in [-0.2, 0) is 40.1 Å². The van der Waals surface area contributed by atoms with Gasteiger partial charge in [-0.25, -0.2) is 5.43 Å². The lowest BCUT2D eigenvalue weighted by molar-refractivity contribution is -0.154. The average molecular weight is 544 g/mol. The van der Waals surface area contributed by atoms with Crippen LogP contribution < -0.4 is 21.9 Å². The van der Waals surface area contributed by atoms with Crippen molar-refractivity contribution < 1.29 is 33.5 Å². The number of carbonyl (C=O) groups is 6. The number of ketones is 2. The molecule has 0 radical (unpaired) electrons. The molecule has 0 saturated carbocycles. The molecular formula is C27H37N5O7. The maximum atomic E-state index is 13.0. The van der Waals surface area contributed by atoms with Gasteiger partial charge in [0.15, 0.2) is 0 Å². The molecule has 0 aliphatic carbocycles. The van der Waals surface area contributed by atoms with Gasteiger partial charge in [0.2, 0.25) is 17.5 Å². The minimum absolute atomic E-state index is 0.133. The molecule has 1 aliphatic heterocycles. The van der Waals surface area contributed by atoms with E-state index in [2.05, 4.69) is 16.2 Å².